The van der Waals surface area contributed by atoms with E-state index in [-0.39, 0.29) is 0 Å². The van der Waals surface area contributed by atoms with E-state index < -0.39 is 11.4 Å². The van der Waals surface area contributed by atoms with Crippen LogP contribution in [0.5, 0.6) is 0 Å². The summed E-state index contributed by atoms with van der Waals surface area (Å²) in [5, 5.41) is 0. The van der Waals surface area contributed by atoms with E-state index in [2.05, 4.69) is 6.92 Å². The molecular weight excluding hydrogens is 256 g/mol. The first-order chi connectivity index (χ1) is 9.61. The minimum absolute atomic E-state index is 0.347. The molecule has 0 radical (unpaired) electrons. The van der Waals surface area contributed by atoms with Crippen LogP contribution in [0.25, 0.3) is 0 Å². The fraction of sp³-hybridized carbons (Fsp3) is 0.533. The summed E-state index contributed by atoms with van der Waals surface area (Å²) in [5.74, 6) is -0.547. The predicted molar refractivity (Wildman–Crippen MR) is 78.0 cm³/mol. The minimum Gasteiger partial charge on any atom is -0.379 e. The molecule has 112 valence electrons. The Morgan fingerprint density at radius 1 is 1.10 bits per heavy atom. The quantitative estimate of drug-likeness (QED) is 0.630. The molecule has 1 aromatic rings. The van der Waals surface area contributed by atoms with Crippen molar-refractivity contribution in [2.45, 2.75) is 25.3 Å². The fourth-order valence-electron chi connectivity index (χ4n) is 1.84. The van der Waals surface area contributed by atoms with Gasteiger partial charge in [-0.1, -0.05) is 37.3 Å². The third-order valence-corrected chi connectivity index (χ3v) is 3.09. The first kappa shape index (κ1) is 16.6. The summed E-state index contributed by atoms with van der Waals surface area (Å²) in [5.41, 5.74) is 11.1. The van der Waals surface area contributed by atoms with Crippen LogP contribution in [-0.2, 0) is 19.8 Å². The molecule has 5 nitrogen and oxygen atoms in total. The molecule has 1 amide bonds. The van der Waals surface area contributed by atoms with E-state index in [1.807, 2.05) is 18.2 Å². The van der Waals surface area contributed by atoms with Crippen LogP contribution in [0.2, 0.25) is 0 Å². The van der Waals surface area contributed by atoms with Crippen LogP contribution in [0, 0.1) is 0 Å². The molecule has 0 fully saturated rings. The molecule has 0 saturated heterocycles. The standard InChI is InChI=1S/C15H24N2O3/c1-2-9-19-11-12-20-10-8-15(17,14(16)18)13-6-4-3-5-7-13/h3-7H,2,8-12,17H2,1H3,(H2,16,18). The summed E-state index contributed by atoms with van der Waals surface area (Å²) in [7, 11) is 0. The molecule has 0 aliphatic carbocycles. The lowest BCUT2D eigenvalue weighted by Gasteiger charge is -2.26. The van der Waals surface area contributed by atoms with E-state index in [0.717, 1.165) is 13.0 Å². The third-order valence-electron chi connectivity index (χ3n) is 3.09. The average Bonchev–Trinajstić information content (AvgIpc) is 2.46. The highest BCUT2D eigenvalue weighted by molar-refractivity contribution is 5.85. The number of amides is 1. The van der Waals surface area contributed by atoms with Gasteiger partial charge >= 0.3 is 0 Å². The number of carbonyl (C=O) groups is 1. The molecule has 1 unspecified atom stereocenters. The topological polar surface area (TPSA) is 87.6 Å². The van der Waals surface area contributed by atoms with E-state index in [1.54, 1.807) is 12.1 Å². The van der Waals surface area contributed by atoms with Gasteiger partial charge in [0.1, 0.15) is 5.54 Å². The number of ether oxygens (including phenoxy) is 2. The van der Waals surface area contributed by atoms with Crippen LogP contribution in [0.3, 0.4) is 0 Å². The Hall–Kier alpha value is -1.43. The Morgan fingerprint density at radius 2 is 1.70 bits per heavy atom. The van der Waals surface area contributed by atoms with Crippen LogP contribution in [-0.4, -0.2) is 32.3 Å². The Balaban J connectivity index is 2.43. The molecule has 0 spiro atoms. The highest BCUT2D eigenvalue weighted by atomic mass is 16.5. The van der Waals surface area contributed by atoms with Crippen LogP contribution < -0.4 is 11.5 Å². The van der Waals surface area contributed by atoms with Crippen molar-refractivity contribution in [2.75, 3.05) is 26.4 Å². The van der Waals surface area contributed by atoms with E-state index in [0.29, 0.717) is 31.8 Å². The highest BCUT2D eigenvalue weighted by Gasteiger charge is 2.33. The number of nitrogens with two attached hydrogens (primary N) is 2. The van der Waals surface area contributed by atoms with Crippen molar-refractivity contribution >= 4 is 5.91 Å². The van der Waals surface area contributed by atoms with Gasteiger partial charge in [-0.25, -0.2) is 0 Å². The van der Waals surface area contributed by atoms with E-state index >= 15 is 0 Å². The molecule has 0 bridgehead atoms. The smallest absolute Gasteiger partial charge is 0.242 e. The van der Waals surface area contributed by atoms with Crippen molar-refractivity contribution in [1.82, 2.24) is 0 Å². The summed E-state index contributed by atoms with van der Waals surface area (Å²) >= 11 is 0. The van der Waals surface area contributed by atoms with Crippen LogP contribution in [0.4, 0.5) is 0 Å². The molecule has 0 saturated carbocycles. The lowest BCUT2D eigenvalue weighted by molar-refractivity contribution is -0.124. The number of benzene rings is 1. The molecule has 1 aromatic carbocycles. The van der Waals surface area contributed by atoms with E-state index in [1.165, 1.54) is 0 Å². The Morgan fingerprint density at radius 3 is 2.25 bits per heavy atom. The second-order valence-corrected chi connectivity index (χ2v) is 4.68. The second-order valence-electron chi connectivity index (χ2n) is 4.68. The highest BCUT2D eigenvalue weighted by Crippen LogP contribution is 2.21. The van der Waals surface area contributed by atoms with Crippen molar-refractivity contribution in [2.24, 2.45) is 11.5 Å². The molecule has 20 heavy (non-hydrogen) atoms. The molecule has 5 heteroatoms. The largest absolute Gasteiger partial charge is 0.379 e. The maximum Gasteiger partial charge on any atom is 0.242 e. The van der Waals surface area contributed by atoms with Crippen molar-refractivity contribution < 1.29 is 14.3 Å². The molecule has 1 atom stereocenters. The molecule has 0 aliphatic rings. The van der Waals surface area contributed by atoms with Crippen molar-refractivity contribution in [3.05, 3.63) is 35.9 Å². The second kappa shape index (κ2) is 8.68. The third kappa shape index (κ3) is 4.92. The first-order valence-corrected chi connectivity index (χ1v) is 6.91. The van der Waals surface area contributed by atoms with Gasteiger partial charge in [0.05, 0.1) is 13.2 Å². The van der Waals surface area contributed by atoms with Gasteiger partial charge in [-0.15, -0.1) is 0 Å². The fourth-order valence-corrected chi connectivity index (χ4v) is 1.84. The number of carbonyl (C=O) groups excluding carboxylic acids is 1. The van der Waals surface area contributed by atoms with Crippen molar-refractivity contribution in [3.8, 4) is 0 Å². The van der Waals surface area contributed by atoms with Gasteiger partial charge in [-0.05, 0) is 12.0 Å². The molecular formula is C15H24N2O3. The Kier molecular flexibility index (Phi) is 7.22. The summed E-state index contributed by atoms with van der Waals surface area (Å²) in [6.07, 6.45) is 1.34. The molecule has 4 N–H and O–H groups in total. The van der Waals surface area contributed by atoms with E-state index in [4.69, 9.17) is 20.9 Å². The molecule has 0 heterocycles. The number of hydrogen-bond donors (Lipinski definition) is 2. The van der Waals surface area contributed by atoms with Gasteiger partial charge in [0.2, 0.25) is 5.91 Å². The molecule has 1 rings (SSSR count). The zero-order valence-corrected chi connectivity index (χ0v) is 12.0. The number of hydrogen-bond acceptors (Lipinski definition) is 4. The molecule has 0 aromatic heterocycles. The summed E-state index contributed by atoms with van der Waals surface area (Å²) < 4.78 is 10.7. The zero-order chi connectivity index (χ0) is 14.8. The lowest BCUT2D eigenvalue weighted by Crippen LogP contribution is -2.49. The normalized spacial score (nSPS) is 13.9. The van der Waals surface area contributed by atoms with Gasteiger partial charge in [0, 0.05) is 19.6 Å². The van der Waals surface area contributed by atoms with Crippen molar-refractivity contribution in [1.29, 1.82) is 0 Å². The number of rotatable bonds is 10. The SMILES string of the molecule is CCCOCCOCCC(N)(C(N)=O)c1ccccc1. The Labute approximate surface area is 120 Å². The first-order valence-electron chi connectivity index (χ1n) is 6.91. The van der Waals surface area contributed by atoms with Gasteiger partial charge in [-0.2, -0.15) is 0 Å². The van der Waals surface area contributed by atoms with Gasteiger partial charge < -0.3 is 20.9 Å². The van der Waals surface area contributed by atoms with Crippen LogP contribution in [0.1, 0.15) is 25.3 Å². The molecule has 0 aliphatic heterocycles. The van der Waals surface area contributed by atoms with Crippen LogP contribution >= 0.6 is 0 Å². The van der Waals surface area contributed by atoms with E-state index in [9.17, 15) is 4.79 Å². The minimum atomic E-state index is -1.19. The summed E-state index contributed by atoms with van der Waals surface area (Å²) in [6, 6.07) is 9.13. The lowest BCUT2D eigenvalue weighted by atomic mass is 9.87. The van der Waals surface area contributed by atoms with Gasteiger partial charge in [0.15, 0.2) is 0 Å². The predicted octanol–water partition coefficient (Wildman–Crippen LogP) is 1.16. The van der Waals surface area contributed by atoms with Gasteiger partial charge in [-0.3, -0.25) is 4.79 Å². The van der Waals surface area contributed by atoms with Gasteiger partial charge in [0.25, 0.3) is 0 Å². The van der Waals surface area contributed by atoms with Crippen molar-refractivity contribution in [3.63, 3.8) is 0 Å². The maximum atomic E-state index is 11.6. The number of primary amides is 1. The average molecular weight is 280 g/mol. The zero-order valence-electron chi connectivity index (χ0n) is 12.0. The Bertz CT molecular complexity index is 397. The summed E-state index contributed by atoms with van der Waals surface area (Å²) in [6.45, 7) is 4.19. The van der Waals surface area contributed by atoms with Crippen LogP contribution in [0.15, 0.2) is 30.3 Å². The summed E-state index contributed by atoms with van der Waals surface area (Å²) in [4.78, 5) is 11.6. The monoisotopic (exact) mass is 280 g/mol. The maximum absolute atomic E-state index is 11.6.